The molecular formula is C29H20F2N6O5. The Hall–Kier alpha value is -6.11. The zero-order chi connectivity index (χ0) is 29.8. The largest absolute Gasteiger partial charge is 0.477 e. The molecule has 6 rings (SSSR count). The minimum absolute atomic E-state index is 0.0887. The number of carboxylic acids is 1. The van der Waals surface area contributed by atoms with Crippen LogP contribution in [0.15, 0.2) is 107 Å². The summed E-state index contributed by atoms with van der Waals surface area (Å²) in [4.78, 5) is 40.2. The number of H-pyrrole nitrogens is 1. The van der Waals surface area contributed by atoms with Crippen molar-refractivity contribution >= 4 is 17.2 Å². The molecule has 13 heteroatoms. The third-order valence-electron chi connectivity index (χ3n) is 5.95. The van der Waals surface area contributed by atoms with E-state index in [0.29, 0.717) is 16.0 Å². The monoisotopic (exact) mass is 570 g/mol. The first-order valence-electron chi connectivity index (χ1n) is 12.2. The molecule has 0 spiro atoms. The molecule has 210 valence electrons. The lowest BCUT2D eigenvalue weighted by Gasteiger charge is -2.11. The van der Waals surface area contributed by atoms with Crippen molar-refractivity contribution in [1.82, 2.24) is 24.1 Å². The van der Waals surface area contributed by atoms with Crippen LogP contribution < -0.4 is 21.7 Å². The molecule has 11 nitrogen and oxygen atoms in total. The number of hydrogen-bond acceptors (Lipinski definition) is 7. The highest BCUT2D eigenvalue weighted by atomic mass is 19.1. The van der Waals surface area contributed by atoms with E-state index in [2.05, 4.69) is 15.1 Å². The number of aromatic carboxylic acids is 1. The van der Waals surface area contributed by atoms with E-state index < -0.39 is 34.4 Å². The molecule has 4 aromatic heterocycles. The summed E-state index contributed by atoms with van der Waals surface area (Å²) in [7, 11) is 0. The number of nitrogens with one attached hydrogen (secondary N) is 1. The Morgan fingerprint density at radius 1 is 0.905 bits per heavy atom. The highest BCUT2D eigenvalue weighted by Gasteiger charge is 2.15. The number of anilines is 1. The molecule has 0 radical (unpaired) electrons. The SMILES string of the molecule is Nc1ccc(Oc2cc(-c3ccncc3)cn3nccc23)c(F)c1.O=C(O)c1c[nH]c(=O)n(-c2ccc(F)cc2)c1=O. The van der Waals surface area contributed by atoms with Gasteiger partial charge < -0.3 is 20.6 Å². The number of nitrogens with two attached hydrogens (primary N) is 1. The molecule has 0 saturated carbocycles. The molecule has 4 heterocycles. The van der Waals surface area contributed by atoms with E-state index in [-0.39, 0.29) is 11.4 Å². The van der Waals surface area contributed by atoms with E-state index in [1.165, 1.54) is 24.3 Å². The molecule has 0 unspecified atom stereocenters. The lowest BCUT2D eigenvalue weighted by atomic mass is 10.1. The van der Waals surface area contributed by atoms with Gasteiger partial charge in [0.25, 0.3) is 5.56 Å². The Morgan fingerprint density at radius 2 is 1.64 bits per heavy atom. The highest BCUT2D eigenvalue weighted by molar-refractivity contribution is 5.86. The quantitative estimate of drug-likeness (QED) is 0.259. The number of ether oxygens (including phenoxy) is 1. The second-order valence-electron chi connectivity index (χ2n) is 8.71. The lowest BCUT2D eigenvalue weighted by Crippen LogP contribution is -2.36. The third-order valence-corrected chi connectivity index (χ3v) is 5.95. The molecule has 0 aliphatic heterocycles. The first-order chi connectivity index (χ1) is 20.2. The van der Waals surface area contributed by atoms with E-state index in [1.54, 1.807) is 35.2 Å². The molecule has 6 aromatic rings. The van der Waals surface area contributed by atoms with Crippen molar-refractivity contribution in [3.63, 3.8) is 0 Å². The number of nitrogen functional groups attached to an aromatic ring is 1. The number of benzene rings is 2. The van der Waals surface area contributed by atoms with Crippen LogP contribution >= 0.6 is 0 Å². The second kappa shape index (κ2) is 11.6. The molecule has 42 heavy (non-hydrogen) atoms. The molecule has 0 aliphatic rings. The average Bonchev–Trinajstić information content (AvgIpc) is 3.45. The van der Waals surface area contributed by atoms with Gasteiger partial charge in [-0.15, -0.1) is 0 Å². The zero-order valence-electron chi connectivity index (χ0n) is 21.4. The summed E-state index contributed by atoms with van der Waals surface area (Å²) >= 11 is 0. The van der Waals surface area contributed by atoms with Gasteiger partial charge in [-0.3, -0.25) is 9.78 Å². The van der Waals surface area contributed by atoms with Gasteiger partial charge in [-0.05, 0) is 66.2 Å². The van der Waals surface area contributed by atoms with E-state index in [0.717, 1.165) is 35.0 Å². The molecule has 0 fully saturated rings. The number of fused-ring (bicyclic) bond motifs is 1. The van der Waals surface area contributed by atoms with E-state index in [9.17, 15) is 23.2 Å². The molecule has 0 aliphatic carbocycles. The van der Waals surface area contributed by atoms with Crippen molar-refractivity contribution < 1.29 is 23.4 Å². The van der Waals surface area contributed by atoms with Crippen LogP contribution in [-0.4, -0.2) is 35.2 Å². The van der Waals surface area contributed by atoms with Crippen LogP contribution in [0, 0.1) is 11.6 Å². The smallest absolute Gasteiger partial charge is 0.342 e. The van der Waals surface area contributed by atoms with Gasteiger partial charge in [0.15, 0.2) is 17.3 Å². The number of halogens is 2. The first-order valence-corrected chi connectivity index (χ1v) is 12.2. The zero-order valence-corrected chi connectivity index (χ0v) is 21.4. The summed E-state index contributed by atoms with van der Waals surface area (Å²) < 4.78 is 34.9. The number of hydrogen-bond donors (Lipinski definition) is 3. The van der Waals surface area contributed by atoms with Crippen LogP contribution in [0.3, 0.4) is 0 Å². The van der Waals surface area contributed by atoms with Crippen molar-refractivity contribution in [2.45, 2.75) is 0 Å². The fourth-order valence-corrected chi connectivity index (χ4v) is 3.95. The Morgan fingerprint density at radius 3 is 2.33 bits per heavy atom. The lowest BCUT2D eigenvalue weighted by molar-refractivity contribution is 0.0694. The highest BCUT2D eigenvalue weighted by Crippen LogP contribution is 2.32. The van der Waals surface area contributed by atoms with Gasteiger partial charge in [0.1, 0.15) is 16.9 Å². The average molecular weight is 571 g/mol. The minimum Gasteiger partial charge on any atom is -0.477 e. The number of aromatic amines is 1. The molecule has 0 atom stereocenters. The van der Waals surface area contributed by atoms with Gasteiger partial charge in [0.2, 0.25) is 0 Å². The normalized spacial score (nSPS) is 10.6. The fraction of sp³-hybridized carbons (Fsp3) is 0. The molecule has 0 saturated heterocycles. The van der Waals surface area contributed by atoms with Crippen LogP contribution in [0.2, 0.25) is 0 Å². The molecule has 0 bridgehead atoms. The Labute approximate surface area is 234 Å². The number of pyridine rings is 2. The first kappa shape index (κ1) is 27.5. The summed E-state index contributed by atoms with van der Waals surface area (Å²) in [5.41, 5.74) is 6.27. The maximum atomic E-state index is 14.0. The molecule has 4 N–H and O–H groups in total. The molecule has 2 aromatic carbocycles. The van der Waals surface area contributed by atoms with Crippen molar-refractivity contribution in [1.29, 1.82) is 0 Å². The van der Waals surface area contributed by atoms with Gasteiger partial charge in [-0.1, -0.05) is 0 Å². The maximum Gasteiger partial charge on any atom is 0.342 e. The number of carbonyl (C=O) groups is 1. The van der Waals surface area contributed by atoms with Crippen LogP contribution in [0.4, 0.5) is 14.5 Å². The summed E-state index contributed by atoms with van der Waals surface area (Å²) in [5, 5.41) is 13.0. The molecular weight excluding hydrogens is 550 g/mol. The van der Waals surface area contributed by atoms with E-state index in [4.69, 9.17) is 15.6 Å². The number of carboxylic acid groups (broad SMARTS) is 1. The standard InChI is InChI=1S/C18H13FN4O.C11H7FN2O4/c19-15-10-14(20)1-2-17(15)24-18-9-13(12-3-6-21-7-4-12)11-23-16(18)5-8-22-23;12-6-1-3-7(4-2-6)14-9(15)8(10(16)17)5-13-11(14)18/h1-11H,20H2;1-5H,(H,13,18)(H,16,17). The number of aromatic nitrogens is 5. The second-order valence-corrected chi connectivity index (χ2v) is 8.71. The van der Waals surface area contributed by atoms with Crippen LogP contribution in [0.25, 0.3) is 22.3 Å². The maximum absolute atomic E-state index is 14.0. The van der Waals surface area contributed by atoms with Gasteiger partial charge in [0.05, 0.1) is 11.9 Å². The molecule has 0 amide bonds. The number of nitrogens with zero attached hydrogens (tertiary/aromatic N) is 4. The third kappa shape index (κ3) is 5.74. The number of rotatable bonds is 5. The van der Waals surface area contributed by atoms with Gasteiger partial charge in [0, 0.05) is 42.1 Å². The fourth-order valence-electron chi connectivity index (χ4n) is 3.95. The summed E-state index contributed by atoms with van der Waals surface area (Å²) in [6.07, 6.45) is 7.80. The Bertz CT molecular complexity index is 2020. The van der Waals surface area contributed by atoms with Crippen molar-refractivity contribution in [2.24, 2.45) is 0 Å². The minimum atomic E-state index is -1.45. The summed E-state index contributed by atoms with van der Waals surface area (Å²) in [5.74, 6) is -1.88. The van der Waals surface area contributed by atoms with Gasteiger partial charge in [-0.25, -0.2) is 27.5 Å². The van der Waals surface area contributed by atoms with E-state index in [1.807, 2.05) is 24.4 Å². The van der Waals surface area contributed by atoms with Crippen molar-refractivity contribution in [3.05, 3.63) is 136 Å². The van der Waals surface area contributed by atoms with Crippen LogP contribution in [-0.2, 0) is 0 Å². The van der Waals surface area contributed by atoms with Gasteiger partial charge in [-0.2, -0.15) is 5.10 Å². The summed E-state index contributed by atoms with van der Waals surface area (Å²) in [6.45, 7) is 0. The topological polar surface area (TPSA) is 158 Å². The summed E-state index contributed by atoms with van der Waals surface area (Å²) in [6, 6.07) is 16.3. The van der Waals surface area contributed by atoms with Crippen LogP contribution in [0.5, 0.6) is 11.5 Å². The van der Waals surface area contributed by atoms with Crippen molar-refractivity contribution in [3.8, 4) is 28.3 Å². The van der Waals surface area contributed by atoms with Gasteiger partial charge >= 0.3 is 11.7 Å². The Kier molecular flexibility index (Phi) is 7.55. The predicted molar refractivity (Wildman–Crippen MR) is 149 cm³/mol. The predicted octanol–water partition coefficient (Wildman–Crippen LogP) is 4.27. The Balaban J connectivity index is 0.000000176. The van der Waals surface area contributed by atoms with Crippen molar-refractivity contribution in [2.75, 3.05) is 5.73 Å². The van der Waals surface area contributed by atoms with Crippen LogP contribution in [0.1, 0.15) is 10.4 Å². The van der Waals surface area contributed by atoms with E-state index >= 15 is 0 Å².